The molecule has 1 saturated carbocycles. The minimum absolute atomic E-state index is 0.447. The lowest BCUT2D eigenvalue weighted by Gasteiger charge is -2.31. The normalized spacial score (nSPS) is 23.0. The van der Waals surface area contributed by atoms with Crippen molar-refractivity contribution in [2.45, 2.75) is 25.7 Å². The smallest absolute Gasteiger partial charge is 0.252 e. The van der Waals surface area contributed by atoms with Crippen LogP contribution in [0.1, 0.15) is 36.0 Å². The van der Waals surface area contributed by atoms with Gasteiger partial charge in [-0.3, -0.25) is 4.79 Å². The minimum atomic E-state index is -0.449. The number of nitrogens with zero attached hydrogens (tertiary/aromatic N) is 1. The zero-order valence-electron chi connectivity index (χ0n) is 11.1. The third-order valence-electron chi connectivity index (χ3n) is 3.97. The van der Waals surface area contributed by atoms with Gasteiger partial charge in [0.15, 0.2) is 0 Å². The number of nitrogens with two attached hydrogens (primary N) is 2. The molecule has 0 bridgehead atoms. The molecule has 1 aliphatic rings. The minimum Gasteiger partial charge on any atom is -0.369 e. The van der Waals surface area contributed by atoms with Gasteiger partial charge in [-0.25, -0.2) is 4.98 Å². The summed E-state index contributed by atoms with van der Waals surface area (Å²) in [5, 5.41) is 3.26. The molecule has 1 aromatic heterocycles. The highest BCUT2D eigenvalue weighted by atomic mass is 16.1. The topological polar surface area (TPSA) is 94.0 Å². The summed E-state index contributed by atoms with van der Waals surface area (Å²) in [4.78, 5) is 15.5. The van der Waals surface area contributed by atoms with Gasteiger partial charge in [-0.2, -0.15) is 0 Å². The van der Waals surface area contributed by atoms with E-state index < -0.39 is 5.91 Å². The van der Waals surface area contributed by atoms with E-state index in [-0.39, 0.29) is 0 Å². The SMILES string of the molecule is NCC1CCCCC1CNc1ncccc1C(N)=O. The number of carbonyl (C=O) groups is 1. The first-order chi connectivity index (χ1) is 9.22. The number of primary amides is 1. The van der Waals surface area contributed by atoms with Crippen molar-refractivity contribution in [2.24, 2.45) is 23.3 Å². The monoisotopic (exact) mass is 262 g/mol. The first-order valence-electron chi connectivity index (χ1n) is 6.91. The number of nitrogens with one attached hydrogen (secondary N) is 1. The summed E-state index contributed by atoms with van der Waals surface area (Å²) in [6.07, 6.45) is 6.58. The van der Waals surface area contributed by atoms with Crippen molar-refractivity contribution in [3.63, 3.8) is 0 Å². The lowest BCUT2D eigenvalue weighted by Crippen LogP contribution is -2.32. The average Bonchev–Trinajstić information content (AvgIpc) is 2.45. The molecule has 0 aliphatic heterocycles. The molecule has 0 radical (unpaired) electrons. The molecule has 19 heavy (non-hydrogen) atoms. The zero-order chi connectivity index (χ0) is 13.7. The van der Waals surface area contributed by atoms with Crippen molar-refractivity contribution in [1.82, 2.24) is 4.98 Å². The molecule has 5 nitrogen and oxygen atoms in total. The van der Waals surface area contributed by atoms with Crippen LogP contribution in [-0.4, -0.2) is 24.0 Å². The van der Waals surface area contributed by atoms with E-state index in [2.05, 4.69) is 10.3 Å². The number of carbonyl (C=O) groups excluding carboxylic acids is 1. The Morgan fingerprint density at radius 1 is 1.37 bits per heavy atom. The van der Waals surface area contributed by atoms with E-state index in [9.17, 15) is 4.79 Å². The van der Waals surface area contributed by atoms with E-state index in [4.69, 9.17) is 11.5 Å². The van der Waals surface area contributed by atoms with Crippen molar-refractivity contribution >= 4 is 11.7 Å². The van der Waals surface area contributed by atoms with Crippen LogP contribution in [0.25, 0.3) is 0 Å². The molecule has 1 amide bonds. The summed E-state index contributed by atoms with van der Waals surface area (Å²) in [5.74, 6) is 1.26. The van der Waals surface area contributed by atoms with Gasteiger partial charge in [0.1, 0.15) is 5.82 Å². The maximum Gasteiger partial charge on any atom is 0.252 e. The van der Waals surface area contributed by atoms with Crippen molar-refractivity contribution in [1.29, 1.82) is 0 Å². The first-order valence-corrected chi connectivity index (χ1v) is 6.91. The highest BCUT2D eigenvalue weighted by Gasteiger charge is 2.24. The molecule has 1 aromatic rings. The predicted molar refractivity (Wildman–Crippen MR) is 75.7 cm³/mol. The average molecular weight is 262 g/mol. The Morgan fingerprint density at radius 3 is 2.79 bits per heavy atom. The van der Waals surface area contributed by atoms with E-state index in [0.717, 1.165) is 13.1 Å². The zero-order valence-corrected chi connectivity index (χ0v) is 11.1. The highest BCUT2D eigenvalue weighted by molar-refractivity contribution is 5.97. The molecular formula is C14H22N4O. The molecule has 0 saturated heterocycles. The Labute approximate surface area is 113 Å². The number of rotatable bonds is 5. The van der Waals surface area contributed by atoms with Gasteiger partial charge in [-0.1, -0.05) is 12.8 Å². The third kappa shape index (κ3) is 3.44. The van der Waals surface area contributed by atoms with Crippen LogP contribution in [0.15, 0.2) is 18.3 Å². The molecule has 1 heterocycles. The van der Waals surface area contributed by atoms with Crippen molar-refractivity contribution < 1.29 is 4.79 Å². The molecule has 0 spiro atoms. The Balaban J connectivity index is 2.00. The summed E-state index contributed by atoms with van der Waals surface area (Å²) in [7, 11) is 0. The number of hydrogen-bond donors (Lipinski definition) is 3. The van der Waals surface area contributed by atoms with Crippen LogP contribution in [-0.2, 0) is 0 Å². The Kier molecular flexibility index (Phi) is 4.74. The van der Waals surface area contributed by atoms with E-state index >= 15 is 0 Å². The van der Waals surface area contributed by atoms with Crippen LogP contribution >= 0.6 is 0 Å². The van der Waals surface area contributed by atoms with Crippen molar-refractivity contribution in [3.05, 3.63) is 23.9 Å². The van der Waals surface area contributed by atoms with Crippen LogP contribution < -0.4 is 16.8 Å². The predicted octanol–water partition coefficient (Wildman–Crippen LogP) is 1.36. The van der Waals surface area contributed by atoms with Gasteiger partial charge in [0.25, 0.3) is 5.91 Å². The molecule has 2 atom stereocenters. The second kappa shape index (κ2) is 6.52. The summed E-state index contributed by atoms with van der Waals surface area (Å²) < 4.78 is 0. The molecule has 1 fully saturated rings. The molecule has 5 heteroatoms. The maximum atomic E-state index is 11.3. The number of hydrogen-bond acceptors (Lipinski definition) is 4. The van der Waals surface area contributed by atoms with Crippen molar-refractivity contribution in [2.75, 3.05) is 18.4 Å². The summed E-state index contributed by atoms with van der Waals surface area (Å²) >= 11 is 0. The Hall–Kier alpha value is -1.62. The standard InChI is InChI=1S/C14H22N4O/c15-8-10-4-1-2-5-11(10)9-18-14-12(13(16)19)6-3-7-17-14/h3,6-7,10-11H,1-2,4-5,8-9,15H2,(H2,16,19)(H,17,18). The summed E-state index contributed by atoms with van der Waals surface area (Å²) in [6, 6.07) is 3.41. The van der Waals surface area contributed by atoms with Crippen LogP contribution in [0.5, 0.6) is 0 Å². The van der Waals surface area contributed by atoms with Gasteiger partial charge in [0, 0.05) is 12.7 Å². The molecule has 2 unspecified atom stereocenters. The Bertz CT molecular complexity index is 435. The lowest BCUT2D eigenvalue weighted by atomic mass is 9.79. The quantitative estimate of drug-likeness (QED) is 0.746. The molecule has 5 N–H and O–H groups in total. The van der Waals surface area contributed by atoms with Crippen LogP contribution in [0, 0.1) is 11.8 Å². The molecule has 104 valence electrons. The van der Waals surface area contributed by atoms with E-state index in [1.54, 1.807) is 18.3 Å². The molecular weight excluding hydrogens is 240 g/mol. The molecule has 1 aliphatic carbocycles. The van der Waals surface area contributed by atoms with E-state index in [1.807, 2.05) is 0 Å². The number of aromatic nitrogens is 1. The number of pyridine rings is 1. The number of anilines is 1. The third-order valence-corrected chi connectivity index (χ3v) is 3.97. The lowest BCUT2D eigenvalue weighted by molar-refractivity contribution is 0.100. The fourth-order valence-corrected chi connectivity index (χ4v) is 2.84. The second-order valence-corrected chi connectivity index (χ2v) is 5.19. The fourth-order valence-electron chi connectivity index (χ4n) is 2.84. The van der Waals surface area contributed by atoms with Gasteiger partial charge < -0.3 is 16.8 Å². The Morgan fingerprint density at radius 2 is 2.11 bits per heavy atom. The van der Waals surface area contributed by atoms with Crippen LogP contribution in [0.3, 0.4) is 0 Å². The number of amides is 1. The van der Waals surface area contributed by atoms with Crippen molar-refractivity contribution in [3.8, 4) is 0 Å². The largest absolute Gasteiger partial charge is 0.369 e. The molecule has 0 aromatic carbocycles. The van der Waals surface area contributed by atoms with Gasteiger partial charge >= 0.3 is 0 Å². The first kappa shape index (κ1) is 13.8. The van der Waals surface area contributed by atoms with Gasteiger partial charge in [-0.05, 0) is 43.4 Å². The van der Waals surface area contributed by atoms with E-state index in [0.29, 0.717) is 23.2 Å². The van der Waals surface area contributed by atoms with Gasteiger partial charge in [0.05, 0.1) is 5.56 Å². The second-order valence-electron chi connectivity index (χ2n) is 5.19. The van der Waals surface area contributed by atoms with Gasteiger partial charge in [0.2, 0.25) is 0 Å². The van der Waals surface area contributed by atoms with E-state index in [1.165, 1.54) is 25.7 Å². The van der Waals surface area contributed by atoms with Crippen LogP contribution in [0.2, 0.25) is 0 Å². The fraction of sp³-hybridized carbons (Fsp3) is 0.571. The highest BCUT2D eigenvalue weighted by Crippen LogP contribution is 2.29. The van der Waals surface area contributed by atoms with Gasteiger partial charge in [-0.15, -0.1) is 0 Å². The summed E-state index contributed by atoms with van der Waals surface area (Å²) in [5.41, 5.74) is 11.6. The maximum absolute atomic E-state index is 11.3. The van der Waals surface area contributed by atoms with Crippen LogP contribution in [0.4, 0.5) is 5.82 Å². The summed E-state index contributed by atoms with van der Waals surface area (Å²) in [6.45, 7) is 1.54. The molecule has 2 rings (SSSR count).